The van der Waals surface area contributed by atoms with Crippen molar-refractivity contribution < 1.29 is 14.4 Å². The summed E-state index contributed by atoms with van der Waals surface area (Å²) in [7, 11) is 0. The Kier molecular flexibility index (Phi) is 6.70. The Balaban J connectivity index is 0.00000200. The number of nitrogens with zero attached hydrogens (tertiary/aromatic N) is 2. The molecule has 1 N–H and O–H groups in total. The van der Waals surface area contributed by atoms with E-state index in [0.717, 1.165) is 29.3 Å². The fourth-order valence-corrected chi connectivity index (χ4v) is 2.55. The van der Waals surface area contributed by atoms with Crippen LogP contribution in [-0.2, 0) is 11.3 Å². The lowest BCUT2D eigenvalue weighted by Gasteiger charge is -2.17. The maximum Gasteiger partial charge on any atom is 0.317 e. The molecule has 0 bridgehead atoms. The number of carboxylic acid groups (broad SMARTS) is 1. The molecule has 7 heteroatoms. The highest BCUT2D eigenvalue weighted by Crippen LogP contribution is 2.25. The van der Waals surface area contributed by atoms with E-state index in [-0.39, 0.29) is 19.0 Å². The molecule has 2 rings (SSSR count). The molecule has 20 heavy (non-hydrogen) atoms. The first kappa shape index (κ1) is 16.7. The van der Waals surface area contributed by atoms with Gasteiger partial charge in [-0.2, -0.15) is 0 Å². The normalized spacial score (nSPS) is 10.5. The molecule has 0 fully saturated rings. The van der Waals surface area contributed by atoms with Gasteiger partial charge >= 0.3 is 5.97 Å². The van der Waals surface area contributed by atoms with Gasteiger partial charge in [-0.3, -0.25) is 9.69 Å². The Morgan fingerprint density at radius 2 is 2.35 bits per heavy atom. The van der Waals surface area contributed by atoms with Crippen LogP contribution in [-0.4, -0.2) is 34.2 Å². The second kappa shape index (κ2) is 8.04. The monoisotopic (exact) mass is 316 g/mol. The van der Waals surface area contributed by atoms with Crippen LogP contribution < -0.4 is 0 Å². The Hall–Kier alpha value is -1.37. The lowest BCUT2D eigenvalue weighted by molar-refractivity contribution is -0.138. The lowest BCUT2D eigenvalue weighted by atomic mass is 10.3. The first-order valence-electron chi connectivity index (χ1n) is 6.12. The third kappa shape index (κ3) is 4.63. The largest absolute Gasteiger partial charge is 0.480 e. The van der Waals surface area contributed by atoms with Gasteiger partial charge in [0.25, 0.3) is 0 Å². The second-order valence-electron chi connectivity index (χ2n) is 4.26. The Morgan fingerprint density at radius 3 is 2.95 bits per heavy atom. The summed E-state index contributed by atoms with van der Waals surface area (Å²) >= 11 is 1.59. The molecule has 0 aliphatic rings. The van der Waals surface area contributed by atoms with Gasteiger partial charge < -0.3 is 9.63 Å². The van der Waals surface area contributed by atoms with E-state index >= 15 is 0 Å². The van der Waals surface area contributed by atoms with Gasteiger partial charge in [0.05, 0.1) is 17.1 Å². The molecule has 0 atom stereocenters. The molecule has 2 heterocycles. The van der Waals surface area contributed by atoms with Crippen LogP contribution in [0.1, 0.15) is 19.0 Å². The molecule has 0 aromatic carbocycles. The third-order valence-corrected chi connectivity index (χ3v) is 3.49. The lowest BCUT2D eigenvalue weighted by Crippen LogP contribution is -2.30. The summed E-state index contributed by atoms with van der Waals surface area (Å²) in [4.78, 5) is 13.7. The van der Waals surface area contributed by atoms with Crippen LogP contribution in [0.3, 0.4) is 0 Å². The van der Waals surface area contributed by atoms with Crippen molar-refractivity contribution in [2.45, 2.75) is 19.9 Å². The standard InChI is InChI=1S/C13H16N2O3S.ClH/c1-2-5-15(9-13(16)17)8-10-7-11(18-14-10)12-4-3-6-19-12;/h3-4,6-7H,2,5,8-9H2,1H3,(H,16,17);1H. The number of hydrogen-bond acceptors (Lipinski definition) is 5. The van der Waals surface area contributed by atoms with Crippen molar-refractivity contribution in [1.29, 1.82) is 0 Å². The molecule has 2 aromatic rings. The van der Waals surface area contributed by atoms with Crippen LogP contribution in [0.2, 0.25) is 0 Å². The molecule has 110 valence electrons. The maximum absolute atomic E-state index is 10.8. The molecule has 5 nitrogen and oxygen atoms in total. The van der Waals surface area contributed by atoms with E-state index in [9.17, 15) is 4.79 Å². The van der Waals surface area contributed by atoms with Crippen LogP contribution in [0.25, 0.3) is 10.6 Å². The zero-order chi connectivity index (χ0) is 13.7. The highest BCUT2D eigenvalue weighted by atomic mass is 35.5. The molecule has 0 aliphatic carbocycles. The van der Waals surface area contributed by atoms with Crippen molar-refractivity contribution in [2.24, 2.45) is 0 Å². The summed E-state index contributed by atoms with van der Waals surface area (Å²) in [6.45, 7) is 3.27. The highest BCUT2D eigenvalue weighted by Gasteiger charge is 2.13. The Bertz CT molecular complexity index is 527. The van der Waals surface area contributed by atoms with Crippen molar-refractivity contribution >= 4 is 29.7 Å². The third-order valence-electron chi connectivity index (χ3n) is 2.61. The number of carbonyl (C=O) groups is 1. The van der Waals surface area contributed by atoms with Gasteiger partial charge in [0.15, 0.2) is 5.76 Å². The Labute approximate surface area is 127 Å². The highest BCUT2D eigenvalue weighted by molar-refractivity contribution is 7.13. The summed E-state index contributed by atoms with van der Waals surface area (Å²) in [5.74, 6) is -0.0906. The van der Waals surface area contributed by atoms with Crippen LogP contribution in [0.5, 0.6) is 0 Å². The van der Waals surface area contributed by atoms with Crippen molar-refractivity contribution in [2.75, 3.05) is 13.1 Å². The predicted octanol–water partition coefficient (Wildman–Crippen LogP) is 3.12. The minimum atomic E-state index is -0.824. The van der Waals surface area contributed by atoms with Gasteiger partial charge in [-0.05, 0) is 24.4 Å². The number of aromatic nitrogens is 1. The van der Waals surface area contributed by atoms with Crippen molar-refractivity contribution in [1.82, 2.24) is 10.1 Å². The van der Waals surface area contributed by atoms with Gasteiger partial charge in [-0.1, -0.05) is 18.1 Å². The average molecular weight is 317 g/mol. The first-order valence-corrected chi connectivity index (χ1v) is 7.00. The van der Waals surface area contributed by atoms with E-state index in [2.05, 4.69) is 5.16 Å². The van der Waals surface area contributed by atoms with Crippen molar-refractivity contribution in [3.05, 3.63) is 29.3 Å². The Morgan fingerprint density at radius 1 is 1.55 bits per heavy atom. The van der Waals surface area contributed by atoms with Gasteiger partial charge in [0, 0.05) is 12.6 Å². The van der Waals surface area contributed by atoms with E-state index in [1.165, 1.54) is 0 Å². The minimum Gasteiger partial charge on any atom is -0.480 e. The summed E-state index contributed by atoms with van der Waals surface area (Å²) in [6, 6.07) is 5.79. The number of rotatable bonds is 7. The van der Waals surface area contributed by atoms with Gasteiger partial charge in [-0.25, -0.2) is 0 Å². The van der Waals surface area contributed by atoms with E-state index in [1.807, 2.05) is 35.4 Å². The van der Waals surface area contributed by atoms with E-state index in [0.29, 0.717) is 6.54 Å². The van der Waals surface area contributed by atoms with Gasteiger partial charge in [0.2, 0.25) is 0 Å². The van der Waals surface area contributed by atoms with Crippen LogP contribution >= 0.6 is 23.7 Å². The smallest absolute Gasteiger partial charge is 0.317 e. The van der Waals surface area contributed by atoms with Crippen molar-refractivity contribution in [3.8, 4) is 10.6 Å². The zero-order valence-corrected chi connectivity index (χ0v) is 12.7. The summed E-state index contributed by atoms with van der Waals surface area (Å²) in [6.07, 6.45) is 0.906. The predicted molar refractivity (Wildman–Crippen MR) is 80.3 cm³/mol. The molecule has 2 aromatic heterocycles. The average Bonchev–Trinajstić information content (AvgIpc) is 2.97. The molecule has 0 saturated heterocycles. The maximum atomic E-state index is 10.8. The van der Waals surface area contributed by atoms with E-state index < -0.39 is 5.97 Å². The SMILES string of the molecule is CCCN(CC(=O)O)Cc1cc(-c2cccs2)on1.Cl. The fraction of sp³-hybridized carbons (Fsp3) is 0.385. The molecule has 0 unspecified atom stereocenters. The minimum absolute atomic E-state index is 0. The molecule has 0 amide bonds. The number of halogens is 1. The van der Waals surface area contributed by atoms with Crippen LogP contribution in [0, 0.1) is 0 Å². The van der Waals surface area contributed by atoms with Crippen LogP contribution in [0.15, 0.2) is 28.1 Å². The molecule has 0 spiro atoms. The molecular formula is C13H17ClN2O3S. The first-order chi connectivity index (χ1) is 9.19. The summed E-state index contributed by atoms with van der Waals surface area (Å²) < 4.78 is 5.28. The number of aliphatic carboxylic acids is 1. The topological polar surface area (TPSA) is 66.6 Å². The molecule has 0 radical (unpaired) electrons. The molecule has 0 aliphatic heterocycles. The number of hydrogen-bond donors (Lipinski definition) is 1. The molecule has 0 saturated carbocycles. The summed E-state index contributed by atoms with van der Waals surface area (Å²) in [5.41, 5.74) is 0.762. The van der Waals surface area contributed by atoms with Gasteiger partial charge in [0.1, 0.15) is 0 Å². The van der Waals surface area contributed by atoms with Crippen LogP contribution in [0.4, 0.5) is 0 Å². The fourth-order valence-electron chi connectivity index (χ4n) is 1.87. The zero-order valence-electron chi connectivity index (χ0n) is 11.1. The molecular weight excluding hydrogens is 300 g/mol. The summed E-state index contributed by atoms with van der Waals surface area (Å²) in [5, 5.41) is 14.8. The number of carboxylic acids is 1. The van der Waals surface area contributed by atoms with E-state index in [4.69, 9.17) is 9.63 Å². The van der Waals surface area contributed by atoms with Gasteiger partial charge in [-0.15, -0.1) is 23.7 Å². The van der Waals surface area contributed by atoms with E-state index in [1.54, 1.807) is 11.3 Å². The second-order valence-corrected chi connectivity index (χ2v) is 5.21. The quantitative estimate of drug-likeness (QED) is 0.850. The number of thiophene rings is 1. The van der Waals surface area contributed by atoms with Crippen molar-refractivity contribution in [3.63, 3.8) is 0 Å².